The highest BCUT2D eigenvalue weighted by molar-refractivity contribution is 6.33. The lowest BCUT2D eigenvalue weighted by Crippen LogP contribution is -2.27. The SMILES string of the molecule is O=C(CCNC(=O)c1ccccc1Cl)Oc1ccc([N+](=O)[O-])cc1. The molecule has 1 N–H and O–H groups in total. The number of nitrogens with zero attached hydrogens (tertiary/aromatic N) is 1. The van der Waals surface area contributed by atoms with Crippen LogP contribution in [0.2, 0.25) is 5.02 Å². The van der Waals surface area contributed by atoms with Crippen molar-refractivity contribution in [2.75, 3.05) is 6.54 Å². The van der Waals surface area contributed by atoms with Gasteiger partial charge in [0.25, 0.3) is 11.6 Å². The third-order valence-electron chi connectivity index (χ3n) is 3.01. The summed E-state index contributed by atoms with van der Waals surface area (Å²) in [5, 5.41) is 13.4. The molecule has 7 nitrogen and oxygen atoms in total. The lowest BCUT2D eigenvalue weighted by molar-refractivity contribution is -0.384. The van der Waals surface area contributed by atoms with Crippen molar-refractivity contribution in [3.63, 3.8) is 0 Å². The van der Waals surface area contributed by atoms with Crippen molar-refractivity contribution in [3.05, 3.63) is 69.2 Å². The molecule has 2 aromatic rings. The molecule has 8 heteroatoms. The van der Waals surface area contributed by atoms with Crippen LogP contribution in [-0.4, -0.2) is 23.3 Å². The number of non-ortho nitro benzene ring substituents is 1. The summed E-state index contributed by atoms with van der Waals surface area (Å²) in [4.78, 5) is 33.6. The van der Waals surface area contributed by atoms with Crippen LogP contribution in [-0.2, 0) is 4.79 Å². The Morgan fingerprint density at radius 1 is 1.12 bits per heavy atom. The maximum absolute atomic E-state index is 11.9. The molecule has 0 aliphatic rings. The minimum Gasteiger partial charge on any atom is -0.426 e. The molecule has 0 aliphatic heterocycles. The van der Waals surface area contributed by atoms with Gasteiger partial charge in [-0.2, -0.15) is 0 Å². The standard InChI is InChI=1S/C16H13ClN2O5/c17-14-4-2-1-3-13(14)16(21)18-10-9-15(20)24-12-7-5-11(6-8-12)19(22)23/h1-8H,9-10H2,(H,18,21). The number of nitrogens with one attached hydrogen (secondary N) is 1. The number of hydrogen-bond acceptors (Lipinski definition) is 5. The van der Waals surface area contributed by atoms with E-state index in [4.69, 9.17) is 16.3 Å². The first kappa shape index (κ1) is 17.4. The highest BCUT2D eigenvalue weighted by Gasteiger charge is 2.11. The van der Waals surface area contributed by atoms with Gasteiger partial charge in [0.05, 0.1) is 21.9 Å². The summed E-state index contributed by atoms with van der Waals surface area (Å²) < 4.78 is 5.02. The average molecular weight is 349 g/mol. The number of ether oxygens (including phenoxy) is 1. The zero-order valence-corrected chi connectivity index (χ0v) is 13.2. The molecule has 0 aromatic heterocycles. The fourth-order valence-corrected chi connectivity index (χ4v) is 2.06. The molecule has 2 aromatic carbocycles. The quantitative estimate of drug-likeness (QED) is 0.374. The number of rotatable bonds is 6. The molecule has 0 fully saturated rings. The minimum absolute atomic E-state index is 0.0484. The molecule has 1 amide bonds. The van der Waals surface area contributed by atoms with E-state index in [1.165, 1.54) is 24.3 Å². The molecule has 0 radical (unpaired) electrons. The van der Waals surface area contributed by atoms with Crippen molar-refractivity contribution >= 4 is 29.2 Å². The van der Waals surface area contributed by atoms with E-state index < -0.39 is 10.9 Å². The number of benzene rings is 2. The van der Waals surface area contributed by atoms with Crippen molar-refractivity contribution in [3.8, 4) is 5.75 Å². The van der Waals surface area contributed by atoms with Gasteiger partial charge >= 0.3 is 5.97 Å². The largest absolute Gasteiger partial charge is 0.426 e. The first-order chi connectivity index (χ1) is 11.5. The van der Waals surface area contributed by atoms with Gasteiger partial charge in [0.15, 0.2) is 0 Å². The monoisotopic (exact) mass is 348 g/mol. The van der Waals surface area contributed by atoms with Crippen LogP contribution in [0.1, 0.15) is 16.8 Å². The topological polar surface area (TPSA) is 98.5 Å². The molecule has 0 saturated carbocycles. The highest BCUT2D eigenvalue weighted by Crippen LogP contribution is 2.17. The first-order valence-corrected chi connectivity index (χ1v) is 7.33. The molecule has 0 bridgehead atoms. The fourth-order valence-electron chi connectivity index (χ4n) is 1.84. The second-order valence-corrected chi connectivity index (χ2v) is 5.12. The van der Waals surface area contributed by atoms with Crippen molar-refractivity contribution in [1.29, 1.82) is 0 Å². The van der Waals surface area contributed by atoms with E-state index in [9.17, 15) is 19.7 Å². The van der Waals surface area contributed by atoms with E-state index in [1.54, 1.807) is 24.3 Å². The lowest BCUT2D eigenvalue weighted by Gasteiger charge is -2.07. The summed E-state index contributed by atoms with van der Waals surface area (Å²) in [5.74, 6) is -0.755. The van der Waals surface area contributed by atoms with Crippen LogP contribution in [0.3, 0.4) is 0 Å². The Kier molecular flexibility index (Phi) is 5.86. The van der Waals surface area contributed by atoms with Crippen LogP contribution in [0, 0.1) is 10.1 Å². The van der Waals surface area contributed by atoms with Crippen molar-refractivity contribution in [1.82, 2.24) is 5.32 Å². The zero-order chi connectivity index (χ0) is 17.5. The number of nitro benzene ring substituents is 1. The average Bonchev–Trinajstić information content (AvgIpc) is 2.55. The number of amides is 1. The summed E-state index contributed by atoms with van der Waals surface area (Å²) in [7, 11) is 0. The van der Waals surface area contributed by atoms with Crippen molar-refractivity contribution < 1.29 is 19.2 Å². The number of hydrogen-bond donors (Lipinski definition) is 1. The molecule has 0 aliphatic carbocycles. The van der Waals surface area contributed by atoms with E-state index in [0.717, 1.165) is 0 Å². The van der Waals surface area contributed by atoms with E-state index in [-0.39, 0.29) is 30.3 Å². The number of carbonyl (C=O) groups excluding carboxylic acids is 2. The summed E-state index contributed by atoms with van der Waals surface area (Å²) in [5.41, 5.74) is 0.227. The summed E-state index contributed by atoms with van der Waals surface area (Å²) in [6.45, 7) is 0.0792. The molecular weight excluding hydrogens is 336 g/mol. The van der Waals surface area contributed by atoms with Gasteiger partial charge in [0.2, 0.25) is 0 Å². The van der Waals surface area contributed by atoms with Crippen LogP contribution in [0.15, 0.2) is 48.5 Å². The molecule has 0 spiro atoms. The minimum atomic E-state index is -0.566. The van der Waals surface area contributed by atoms with E-state index in [2.05, 4.69) is 5.32 Å². The van der Waals surface area contributed by atoms with E-state index in [1.807, 2.05) is 0 Å². The molecule has 0 heterocycles. The van der Waals surface area contributed by atoms with E-state index >= 15 is 0 Å². The van der Waals surface area contributed by atoms with Crippen LogP contribution >= 0.6 is 11.6 Å². The van der Waals surface area contributed by atoms with Gasteiger partial charge in [-0.1, -0.05) is 23.7 Å². The van der Waals surface area contributed by atoms with Crippen LogP contribution < -0.4 is 10.1 Å². The van der Waals surface area contributed by atoms with Crippen molar-refractivity contribution in [2.45, 2.75) is 6.42 Å². The smallest absolute Gasteiger partial charge is 0.312 e. The number of nitro groups is 1. The van der Waals surface area contributed by atoms with Crippen LogP contribution in [0.5, 0.6) is 5.75 Å². The lowest BCUT2D eigenvalue weighted by atomic mass is 10.2. The Balaban J connectivity index is 1.80. The molecule has 0 unspecified atom stereocenters. The second-order valence-electron chi connectivity index (χ2n) is 4.71. The molecule has 124 valence electrons. The maximum atomic E-state index is 11.9. The number of halogens is 1. The normalized spacial score (nSPS) is 10.0. The summed E-state index contributed by atoms with van der Waals surface area (Å²) >= 11 is 5.90. The van der Waals surface area contributed by atoms with Gasteiger partial charge < -0.3 is 10.1 Å². The van der Waals surface area contributed by atoms with Crippen molar-refractivity contribution in [2.24, 2.45) is 0 Å². The second kappa shape index (κ2) is 8.07. The predicted octanol–water partition coefficient (Wildman–Crippen LogP) is 2.97. The predicted molar refractivity (Wildman–Crippen MR) is 87.1 cm³/mol. The van der Waals surface area contributed by atoms with Crippen LogP contribution in [0.4, 0.5) is 5.69 Å². The van der Waals surface area contributed by atoms with Gasteiger partial charge in [0, 0.05) is 18.7 Å². The van der Waals surface area contributed by atoms with Gasteiger partial charge in [0.1, 0.15) is 5.75 Å². The van der Waals surface area contributed by atoms with Gasteiger partial charge in [-0.3, -0.25) is 19.7 Å². The van der Waals surface area contributed by atoms with E-state index in [0.29, 0.717) is 10.6 Å². The van der Waals surface area contributed by atoms with Gasteiger partial charge in [-0.15, -0.1) is 0 Å². The zero-order valence-electron chi connectivity index (χ0n) is 12.4. The Hall–Kier alpha value is -2.93. The van der Waals surface area contributed by atoms with Crippen LogP contribution in [0.25, 0.3) is 0 Å². The Bertz CT molecular complexity index is 761. The molecule has 0 saturated heterocycles. The Morgan fingerprint density at radius 3 is 2.42 bits per heavy atom. The third kappa shape index (κ3) is 4.79. The maximum Gasteiger partial charge on any atom is 0.312 e. The van der Waals surface area contributed by atoms with Gasteiger partial charge in [-0.05, 0) is 24.3 Å². The summed E-state index contributed by atoms with van der Waals surface area (Å²) in [6, 6.07) is 11.7. The molecule has 0 atom stereocenters. The number of carbonyl (C=O) groups is 2. The third-order valence-corrected chi connectivity index (χ3v) is 3.34. The highest BCUT2D eigenvalue weighted by atomic mass is 35.5. The molecule has 24 heavy (non-hydrogen) atoms. The molecular formula is C16H13ClN2O5. The Labute approximate surface area is 142 Å². The fraction of sp³-hybridized carbons (Fsp3) is 0.125. The number of esters is 1. The molecule has 2 rings (SSSR count). The summed E-state index contributed by atoms with van der Waals surface area (Å²) in [6.07, 6.45) is -0.0484. The first-order valence-electron chi connectivity index (χ1n) is 6.95. The van der Waals surface area contributed by atoms with Gasteiger partial charge in [-0.25, -0.2) is 0 Å². The Morgan fingerprint density at radius 2 is 1.79 bits per heavy atom.